The summed E-state index contributed by atoms with van der Waals surface area (Å²) in [7, 11) is 1.63. The number of hydrogen-bond acceptors (Lipinski definition) is 3. The molecule has 1 fully saturated rings. The standard InChI is InChI=1S/C17H24F3N3OS/c1-21-17(23-11-5-3-6-12(9-11)25-2)22-10-13-14(18)7-4-8-15(13)24-16(19)20/h4,7-8,11-12,16H,3,5-6,9-10H2,1-2H3,(H2,21,22,23). The molecule has 2 rings (SSSR count). The van der Waals surface area contributed by atoms with Crippen molar-refractivity contribution in [3.8, 4) is 5.75 Å². The van der Waals surface area contributed by atoms with E-state index in [0.29, 0.717) is 17.3 Å². The second-order valence-electron chi connectivity index (χ2n) is 5.89. The van der Waals surface area contributed by atoms with Crippen LogP contribution in [-0.2, 0) is 6.54 Å². The number of guanidine groups is 1. The Kier molecular flexibility index (Phi) is 7.74. The highest BCUT2D eigenvalue weighted by atomic mass is 32.2. The maximum Gasteiger partial charge on any atom is 0.387 e. The minimum Gasteiger partial charge on any atom is -0.434 e. The van der Waals surface area contributed by atoms with Crippen molar-refractivity contribution in [2.75, 3.05) is 13.3 Å². The Hall–Kier alpha value is -1.57. The third kappa shape index (κ3) is 6.02. The summed E-state index contributed by atoms with van der Waals surface area (Å²) in [5, 5.41) is 6.95. The number of halogens is 3. The number of nitrogens with one attached hydrogen (secondary N) is 2. The third-order valence-corrected chi connectivity index (χ3v) is 5.34. The zero-order valence-electron chi connectivity index (χ0n) is 14.4. The van der Waals surface area contributed by atoms with E-state index in [1.54, 1.807) is 7.05 Å². The van der Waals surface area contributed by atoms with Crippen molar-refractivity contribution in [3.63, 3.8) is 0 Å². The van der Waals surface area contributed by atoms with Crippen LogP contribution in [-0.4, -0.2) is 37.2 Å². The van der Waals surface area contributed by atoms with E-state index in [-0.39, 0.29) is 17.9 Å². The largest absolute Gasteiger partial charge is 0.434 e. The number of rotatable bonds is 6. The fourth-order valence-corrected chi connectivity index (χ4v) is 3.79. The molecule has 0 spiro atoms. The van der Waals surface area contributed by atoms with Crippen LogP contribution in [0, 0.1) is 5.82 Å². The summed E-state index contributed by atoms with van der Waals surface area (Å²) in [4.78, 5) is 4.14. The van der Waals surface area contributed by atoms with Crippen LogP contribution >= 0.6 is 11.8 Å². The number of ether oxygens (including phenoxy) is 1. The average Bonchev–Trinajstić information content (AvgIpc) is 2.59. The zero-order valence-corrected chi connectivity index (χ0v) is 15.2. The summed E-state index contributed by atoms with van der Waals surface area (Å²) in [6.07, 6.45) is 6.58. The van der Waals surface area contributed by atoms with E-state index in [4.69, 9.17) is 0 Å². The molecule has 1 aromatic rings. The molecule has 0 heterocycles. The molecule has 2 atom stereocenters. The summed E-state index contributed by atoms with van der Waals surface area (Å²) in [6.45, 7) is -2.99. The van der Waals surface area contributed by atoms with Crippen molar-refractivity contribution in [3.05, 3.63) is 29.6 Å². The Labute approximate surface area is 150 Å². The molecule has 0 saturated heterocycles. The lowest BCUT2D eigenvalue weighted by Gasteiger charge is -2.30. The van der Waals surface area contributed by atoms with Crippen LogP contribution in [0.4, 0.5) is 13.2 Å². The van der Waals surface area contributed by atoms with Crippen molar-refractivity contribution in [2.24, 2.45) is 4.99 Å². The monoisotopic (exact) mass is 375 g/mol. The molecule has 8 heteroatoms. The fraction of sp³-hybridized carbons (Fsp3) is 0.588. The van der Waals surface area contributed by atoms with Crippen LogP contribution in [0.2, 0.25) is 0 Å². The first kappa shape index (κ1) is 19.8. The van der Waals surface area contributed by atoms with Crippen molar-refractivity contribution in [1.82, 2.24) is 10.6 Å². The summed E-state index contributed by atoms with van der Waals surface area (Å²) in [5.74, 6) is -0.239. The Balaban J connectivity index is 1.97. The lowest BCUT2D eigenvalue weighted by atomic mass is 9.95. The molecular weight excluding hydrogens is 351 g/mol. The van der Waals surface area contributed by atoms with E-state index in [0.717, 1.165) is 19.3 Å². The van der Waals surface area contributed by atoms with Crippen molar-refractivity contribution >= 4 is 17.7 Å². The zero-order chi connectivity index (χ0) is 18.2. The van der Waals surface area contributed by atoms with E-state index in [1.807, 2.05) is 11.8 Å². The molecule has 2 unspecified atom stereocenters. The van der Waals surface area contributed by atoms with Crippen LogP contribution in [0.25, 0.3) is 0 Å². The number of nitrogens with zero attached hydrogens (tertiary/aromatic N) is 1. The molecule has 4 nitrogen and oxygen atoms in total. The molecule has 1 aliphatic rings. The highest BCUT2D eigenvalue weighted by Crippen LogP contribution is 2.27. The third-order valence-electron chi connectivity index (χ3n) is 4.25. The molecule has 140 valence electrons. The molecule has 2 N–H and O–H groups in total. The van der Waals surface area contributed by atoms with E-state index in [1.165, 1.54) is 24.6 Å². The molecule has 1 aromatic carbocycles. The highest BCUT2D eigenvalue weighted by molar-refractivity contribution is 7.99. The van der Waals surface area contributed by atoms with Gasteiger partial charge in [-0.25, -0.2) is 4.39 Å². The van der Waals surface area contributed by atoms with E-state index in [2.05, 4.69) is 26.6 Å². The van der Waals surface area contributed by atoms with Gasteiger partial charge in [0.2, 0.25) is 0 Å². The van der Waals surface area contributed by atoms with Gasteiger partial charge in [-0.3, -0.25) is 4.99 Å². The van der Waals surface area contributed by atoms with Gasteiger partial charge >= 0.3 is 6.61 Å². The first-order valence-corrected chi connectivity index (χ1v) is 9.54. The highest BCUT2D eigenvalue weighted by Gasteiger charge is 2.22. The van der Waals surface area contributed by atoms with Crippen LogP contribution in [0.5, 0.6) is 5.75 Å². The summed E-state index contributed by atoms with van der Waals surface area (Å²) >= 11 is 1.87. The summed E-state index contributed by atoms with van der Waals surface area (Å²) in [6, 6.07) is 4.19. The van der Waals surface area contributed by atoms with E-state index < -0.39 is 12.4 Å². The molecule has 0 radical (unpaired) electrons. The Morgan fingerprint density at radius 3 is 2.88 bits per heavy atom. The fourth-order valence-electron chi connectivity index (χ4n) is 2.97. The van der Waals surface area contributed by atoms with Gasteiger partial charge in [-0.15, -0.1) is 0 Å². The SMILES string of the molecule is CN=C(NCc1c(F)cccc1OC(F)F)NC1CCCC(SC)C1. The first-order chi connectivity index (χ1) is 12.0. The Morgan fingerprint density at radius 2 is 2.20 bits per heavy atom. The summed E-state index contributed by atoms with van der Waals surface area (Å²) in [5.41, 5.74) is 0.0522. The Morgan fingerprint density at radius 1 is 1.40 bits per heavy atom. The summed E-state index contributed by atoms with van der Waals surface area (Å²) < 4.78 is 43.3. The predicted octanol–water partition coefficient (Wildman–Crippen LogP) is 3.77. The van der Waals surface area contributed by atoms with Gasteiger partial charge in [-0.05, 0) is 37.7 Å². The van der Waals surface area contributed by atoms with Crippen LogP contribution in [0.3, 0.4) is 0 Å². The number of hydrogen-bond donors (Lipinski definition) is 2. The molecule has 0 aromatic heterocycles. The van der Waals surface area contributed by atoms with Crippen LogP contribution in [0.1, 0.15) is 31.2 Å². The van der Waals surface area contributed by atoms with E-state index in [9.17, 15) is 13.2 Å². The second kappa shape index (κ2) is 9.79. The van der Waals surface area contributed by atoms with Crippen molar-refractivity contribution in [1.29, 1.82) is 0 Å². The molecule has 25 heavy (non-hydrogen) atoms. The first-order valence-electron chi connectivity index (χ1n) is 8.25. The van der Waals surface area contributed by atoms with Crippen molar-refractivity contribution in [2.45, 2.75) is 50.1 Å². The van der Waals surface area contributed by atoms with Gasteiger partial charge in [0.25, 0.3) is 0 Å². The van der Waals surface area contributed by atoms with Gasteiger partial charge in [-0.1, -0.05) is 12.5 Å². The predicted molar refractivity (Wildman–Crippen MR) is 95.9 cm³/mol. The van der Waals surface area contributed by atoms with E-state index >= 15 is 0 Å². The van der Waals surface area contributed by atoms with Gasteiger partial charge in [0, 0.05) is 30.4 Å². The number of benzene rings is 1. The van der Waals surface area contributed by atoms with Gasteiger partial charge in [0.05, 0.1) is 0 Å². The lowest BCUT2D eigenvalue weighted by Crippen LogP contribution is -2.45. The minimum atomic E-state index is -3.00. The Bertz CT molecular complexity index is 586. The molecular formula is C17H24F3N3OS. The van der Waals surface area contributed by atoms with Gasteiger partial charge < -0.3 is 15.4 Å². The number of thioether (sulfide) groups is 1. The quantitative estimate of drug-likeness (QED) is 0.587. The molecule has 0 amide bonds. The maximum atomic E-state index is 14.0. The number of aliphatic imine (C=N–C) groups is 1. The number of alkyl halides is 2. The van der Waals surface area contributed by atoms with Gasteiger partial charge in [0.15, 0.2) is 5.96 Å². The minimum absolute atomic E-state index is 0.00702. The van der Waals surface area contributed by atoms with Crippen LogP contribution in [0.15, 0.2) is 23.2 Å². The normalized spacial score (nSPS) is 21.3. The van der Waals surface area contributed by atoms with Crippen LogP contribution < -0.4 is 15.4 Å². The average molecular weight is 375 g/mol. The lowest BCUT2D eigenvalue weighted by molar-refractivity contribution is -0.0506. The molecule has 1 aliphatic carbocycles. The molecule has 0 bridgehead atoms. The van der Waals surface area contributed by atoms with Crippen molar-refractivity contribution < 1.29 is 17.9 Å². The van der Waals surface area contributed by atoms with Gasteiger partial charge in [-0.2, -0.15) is 20.5 Å². The maximum absolute atomic E-state index is 14.0. The topological polar surface area (TPSA) is 45.7 Å². The smallest absolute Gasteiger partial charge is 0.387 e. The molecule has 0 aliphatic heterocycles. The molecule has 1 saturated carbocycles. The van der Waals surface area contributed by atoms with Gasteiger partial charge in [0.1, 0.15) is 11.6 Å². The second-order valence-corrected chi connectivity index (χ2v) is 7.02.